The summed E-state index contributed by atoms with van der Waals surface area (Å²) in [5.41, 5.74) is 8.27. The SMILES string of the molecule is C#CCO[C@H]1O[C@H](CN=[N+]=[N-])[C@@H](O)[C@H](O)[C@H]1NC(C)=O. The fourth-order valence-electron chi connectivity index (χ4n) is 1.86. The second-order valence-electron chi connectivity index (χ2n) is 4.18. The van der Waals surface area contributed by atoms with Crippen LogP contribution < -0.4 is 5.32 Å². The predicted molar refractivity (Wildman–Crippen MR) is 67.1 cm³/mol. The summed E-state index contributed by atoms with van der Waals surface area (Å²) in [5, 5.41) is 25.6. The Morgan fingerprint density at radius 1 is 1.60 bits per heavy atom. The van der Waals surface area contributed by atoms with Crippen molar-refractivity contribution in [3.8, 4) is 12.3 Å². The third-order valence-electron chi connectivity index (χ3n) is 2.73. The van der Waals surface area contributed by atoms with E-state index in [1.54, 1.807) is 0 Å². The lowest BCUT2D eigenvalue weighted by atomic mass is 9.96. The molecular formula is C11H16N4O5. The normalized spacial score (nSPS) is 32.8. The summed E-state index contributed by atoms with van der Waals surface area (Å²) in [4.78, 5) is 13.7. The largest absolute Gasteiger partial charge is 0.388 e. The van der Waals surface area contributed by atoms with Gasteiger partial charge in [-0.3, -0.25) is 4.79 Å². The number of azide groups is 1. The highest BCUT2D eigenvalue weighted by Crippen LogP contribution is 2.22. The molecule has 0 unspecified atom stereocenters. The summed E-state index contributed by atoms with van der Waals surface area (Å²) in [5.74, 6) is 1.81. The van der Waals surface area contributed by atoms with Crippen LogP contribution in [0.2, 0.25) is 0 Å². The minimum atomic E-state index is -1.34. The molecule has 0 aliphatic carbocycles. The molecule has 20 heavy (non-hydrogen) atoms. The number of hydrogen-bond acceptors (Lipinski definition) is 6. The summed E-state index contributed by atoms with van der Waals surface area (Å²) in [6.45, 7) is 0.971. The molecule has 9 nitrogen and oxygen atoms in total. The maximum absolute atomic E-state index is 11.1. The Morgan fingerprint density at radius 2 is 2.30 bits per heavy atom. The highest BCUT2D eigenvalue weighted by atomic mass is 16.7. The molecule has 1 aliphatic rings. The molecule has 1 fully saturated rings. The Bertz CT molecular complexity index is 431. The van der Waals surface area contributed by atoms with Crippen LogP contribution in [-0.2, 0) is 14.3 Å². The molecule has 0 aromatic rings. The molecule has 1 heterocycles. The van der Waals surface area contributed by atoms with Gasteiger partial charge in [-0.15, -0.1) is 6.42 Å². The van der Waals surface area contributed by atoms with Gasteiger partial charge in [0, 0.05) is 11.8 Å². The summed E-state index contributed by atoms with van der Waals surface area (Å²) in [7, 11) is 0. The van der Waals surface area contributed by atoms with E-state index in [0.29, 0.717) is 0 Å². The highest BCUT2D eigenvalue weighted by molar-refractivity contribution is 5.73. The van der Waals surface area contributed by atoms with Crippen LogP contribution in [0.1, 0.15) is 6.92 Å². The number of hydrogen-bond donors (Lipinski definition) is 3. The van der Waals surface area contributed by atoms with Crippen LogP contribution in [-0.4, -0.2) is 59.9 Å². The van der Waals surface area contributed by atoms with Crippen LogP contribution in [0, 0.1) is 12.3 Å². The van der Waals surface area contributed by atoms with Gasteiger partial charge in [0.2, 0.25) is 5.91 Å². The van der Waals surface area contributed by atoms with Crippen molar-refractivity contribution >= 4 is 5.91 Å². The maximum Gasteiger partial charge on any atom is 0.217 e. The minimum Gasteiger partial charge on any atom is -0.388 e. The number of carbonyl (C=O) groups excluding carboxylic acids is 1. The van der Waals surface area contributed by atoms with E-state index in [1.807, 2.05) is 0 Å². The molecule has 1 amide bonds. The van der Waals surface area contributed by atoms with Gasteiger partial charge >= 0.3 is 0 Å². The van der Waals surface area contributed by atoms with E-state index in [9.17, 15) is 15.0 Å². The van der Waals surface area contributed by atoms with Crippen molar-refractivity contribution in [2.75, 3.05) is 13.2 Å². The number of aliphatic hydroxyl groups is 2. The first-order chi connectivity index (χ1) is 9.51. The topological polar surface area (TPSA) is 137 Å². The van der Waals surface area contributed by atoms with E-state index in [0.717, 1.165) is 0 Å². The van der Waals surface area contributed by atoms with Gasteiger partial charge in [-0.25, -0.2) is 0 Å². The third kappa shape index (κ3) is 4.09. The molecule has 3 N–H and O–H groups in total. The Kier molecular flexibility index (Phi) is 6.24. The van der Waals surface area contributed by atoms with Crippen LogP contribution in [0.15, 0.2) is 5.11 Å². The Hall–Kier alpha value is -1.82. The average Bonchev–Trinajstić information content (AvgIpc) is 2.41. The van der Waals surface area contributed by atoms with Crippen molar-refractivity contribution in [1.82, 2.24) is 5.32 Å². The van der Waals surface area contributed by atoms with Gasteiger partial charge in [-0.1, -0.05) is 11.0 Å². The van der Waals surface area contributed by atoms with Crippen LogP contribution in [0.25, 0.3) is 10.4 Å². The molecule has 0 aromatic carbocycles. The summed E-state index contributed by atoms with van der Waals surface area (Å²) < 4.78 is 10.6. The highest BCUT2D eigenvalue weighted by Gasteiger charge is 2.45. The lowest BCUT2D eigenvalue weighted by molar-refractivity contribution is -0.258. The van der Waals surface area contributed by atoms with Crippen molar-refractivity contribution in [3.05, 3.63) is 10.4 Å². The molecule has 5 atom stereocenters. The molecule has 9 heteroatoms. The lowest BCUT2D eigenvalue weighted by Gasteiger charge is -2.42. The molecule has 0 aromatic heterocycles. The molecule has 1 saturated heterocycles. The van der Waals surface area contributed by atoms with E-state index < -0.39 is 36.6 Å². The van der Waals surface area contributed by atoms with Gasteiger partial charge in [-0.05, 0) is 5.53 Å². The summed E-state index contributed by atoms with van der Waals surface area (Å²) >= 11 is 0. The zero-order valence-electron chi connectivity index (χ0n) is 10.8. The van der Waals surface area contributed by atoms with Crippen LogP contribution in [0.3, 0.4) is 0 Å². The van der Waals surface area contributed by atoms with E-state index in [-0.39, 0.29) is 13.2 Å². The van der Waals surface area contributed by atoms with E-state index >= 15 is 0 Å². The Morgan fingerprint density at radius 3 is 2.85 bits per heavy atom. The van der Waals surface area contributed by atoms with Crippen LogP contribution >= 0.6 is 0 Å². The second kappa shape index (κ2) is 7.69. The summed E-state index contributed by atoms with van der Waals surface area (Å²) in [6.07, 6.45) is 0.405. The van der Waals surface area contributed by atoms with E-state index in [1.165, 1.54) is 6.92 Å². The van der Waals surface area contributed by atoms with Crippen molar-refractivity contribution in [3.63, 3.8) is 0 Å². The molecule has 0 saturated carbocycles. The van der Waals surface area contributed by atoms with Crippen LogP contribution in [0.4, 0.5) is 0 Å². The smallest absolute Gasteiger partial charge is 0.217 e. The molecule has 110 valence electrons. The molecule has 1 rings (SSSR count). The van der Waals surface area contributed by atoms with Crippen molar-refractivity contribution < 1.29 is 24.5 Å². The maximum atomic E-state index is 11.1. The standard InChI is InChI=1S/C11H16N4O5/c1-3-4-19-11-8(14-6(2)16)10(18)9(17)7(20-11)5-13-15-12/h1,7-11,17-18H,4-5H2,2H3,(H,14,16)/t7-,8-,9-,10-,11+/m1/s1. The predicted octanol–water partition coefficient (Wildman–Crippen LogP) is -1.10. The van der Waals surface area contributed by atoms with Crippen molar-refractivity contribution in [2.45, 2.75) is 37.6 Å². The fraction of sp³-hybridized carbons (Fsp3) is 0.727. The molecule has 0 bridgehead atoms. The zero-order chi connectivity index (χ0) is 15.1. The van der Waals surface area contributed by atoms with Gasteiger partial charge in [0.1, 0.15) is 24.9 Å². The zero-order valence-corrected chi connectivity index (χ0v) is 10.8. The summed E-state index contributed by atoms with van der Waals surface area (Å²) in [6, 6.07) is -0.974. The van der Waals surface area contributed by atoms with E-state index in [4.69, 9.17) is 21.4 Å². The third-order valence-corrected chi connectivity index (χ3v) is 2.73. The number of aliphatic hydroxyl groups excluding tert-OH is 2. The molecular weight excluding hydrogens is 268 g/mol. The quantitative estimate of drug-likeness (QED) is 0.255. The Labute approximate surface area is 115 Å². The first kappa shape index (κ1) is 16.2. The minimum absolute atomic E-state index is 0.0994. The number of nitrogens with zero attached hydrogens (tertiary/aromatic N) is 3. The second-order valence-corrected chi connectivity index (χ2v) is 4.18. The average molecular weight is 284 g/mol. The van der Waals surface area contributed by atoms with Crippen molar-refractivity contribution in [1.29, 1.82) is 0 Å². The first-order valence-electron chi connectivity index (χ1n) is 5.86. The van der Waals surface area contributed by atoms with Crippen LogP contribution in [0.5, 0.6) is 0 Å². The van der Waals surface area contributed by atoms with Gasteiger partial charge in [0.25, 0.3) is 0 Å². The molecule has 0 spiro atoms. The van der Waals surface area contributed by atoms with Gasteiger partial charge in [0.05, 0.1) is 12.6 Å². The van der Waals surface area contributed by atoms with Gasteiger partial charge in [-0.2, -0.15) is 0 Å². The molecule has 0 radical (unpaired) electrons. The van der Waals surface area contributed by atoms with E-state index in [2.05, 4.69) is 21.3 Å². The number of ether oxygens (including phenoxy) is 2. The fourth-order valence-corrected chi connectivity index (χ4v) is 1.86. The first-order valence-corrected chi connectivity index (χ1v) is 5.86. The monoisotopic (exact) mass is 284 g/mol. The Balaban J connectivity index is 2.85. The lowest BCUT2D eigenvalue weighted by Crippen LogP contribution is -2.64. The number of rotatable bonds is 5. The molecule has 1 aliphatic heterocycles. The van der Waals surface area contributed by atoms with Crippen molar-refractivity contribution in [2.24, 2.45) is 5.11 Å². The number of amides is 1. The van der Waals surface area contributed by atoms with Gasteiger partial charge in [0.15, 0.2) is 6.29 Å². The number of nitrogens with one attached hydrogen (secondary N) is 1. The number of carbonyl (C=O) groups is 1. The van der Waals surface area contributed by atoms with Gasteiger partial charge < -0.3 is 25.0 Å². The number of terminal acetylenes is 1.